The Kier molecular flexibility index (Phi) is 11.2. The van der Waals surface area contributed by atoms with Crippen molar-refractivity contribution in [1.82, 2.24) is 10.2 Å². The Morgan fingerprint density at radius 2 is 1.59 bits per heavy atom. The van der Waals surface area contributed by atoms with Crippen molar-refractivity contribution in [2.45, 2.75) is 85.4 Å². The number of para-hydroxylation sites is 1. The molecule has 37 heavy (non-hydrogen) atoms. The molecule has 0 aromatic heterocycles. The molecule has 0 spiro atoms. The molecule has 202 valence electrons. The fourth-order valence-corrected chi connectivity index (χ4v) is 4.06. The molecule has 2 atom stereocenters. The number of alkyl carbamates (subject to hydrolysis) is 1. The summed E-state index contributed by atoms with van der Waals surface area (Å²) in [5.74, 6) is -0.472. The van der Waals surface area contributed by atoms with Crippen molar-refractivity contribution in [2.75, 3.05) is 11.9 Å². The number of carbonyl (C=O) groups is 3. The third kappa shape index (κ3) is 9.56. The van der Waals surface area contributed by atoms with Crippen LogP contribution in [0.2, 0.25) is 0 Å². The lowest BCUT2D eigenvalue weighted by Gasteiger charge is -2.35. The largest absolute Gasteiger partial charge is 0.444 e. The Morgan fingerprint density at radius 3 is 2.16 bits per heavy atom. The summed E-state index contributed by atoms with van der Waals surface area (Å²) >= 11 is 0. The summed E-state index contributed by atoms with van der Waals surface area (Å²) in [5, 5.41) is 5.81. The van der Waals surface area contributed by atoms with E-state index in [1.54, 1.807) is 25.7 Å². The number of aryl methyl sites for hydroxylation is 1. The van der Waals surface area contributed by atoms with Gasteiger partial charge in [0.05, 0.1) is 0 Å². The van der Waals surface area contributed by atoms with Gasteiger partial charge in [0.2, 0.25) is 5.91 Å². The van der Waals surface area contributed by atoms with Crippen LogP contribution in [-0.2, 0) is 14.3 Å². The lowest BCUT2D eigenvalue weighted by atomic mass is 9.98. The maximum Gasteiger partial charge on any atom is 0.408 e. The molecule has 0 fully saturated rings. The van der Waals surface area contributed by atoms with Gasteiger partial charge >= 0.3 is 6.09 Å². The van der Waals surface area contributed by atoms with E-state index in [-0.39, 0.29) is 17.7 Å². The summed E-state index contributed by atoms with van der Waals surface area (Å²) in [4.78, 5) is 42.2. The number of nitrogens with zero attached hydrogens (tertiary/aromatic N) is 1. The maximum absolute atomic E-state index is 14.1. The van der Waals surface area contributed by atoms with Crippen molar-refractivity contribution in [3.8, 4) is 0 Å². The summed E-state index contributed by atoms with van der Waals surface area (Å²) in [6.45, 7) is 13.7. The molecule has 2 aromatic rings. The van der Waals surface area contributed by atoms with Crippen LogP contribution in [0.5, 0.6) is 0 Å². The van der Waals surface area contributed by atoms with Gasteiger partial charge in [-0.2, -0.15) is 0 Å². The van der Waals surface area contributed by atoms with E-state index in [4.69, 9.17) is 4.74 Å². The second kappa shape index (κ2) is 13.8. The van der Waals surface area contributed by atoms with Crippen LogP contribution >= 0.6 is 0 Å². The minimum Gasteiger partial charge on any atom is -0.444 e. The zero-order chi connectivity index (χ0) is 27.6. The number of amides is 3. The molecule has 0 aliphatic heterocycles. The first kappa shape index (κ1) is 29.9. The first-order chi connectivity index (χ1) is 17.4. The van der Waals surface area contributed by atoms with E-state index in [1.165, 1.54) is 0 Å². The van der Waals surface area contributed by atoms with Crippen LogP contribution in [-0.4, -0.2) is 41.0 Å². The highest BCUT2D eigenvalue weighted by molar-refractivity contribution is 5.99. The first-order valence-corrected chi connectivity index (χ1v) is 13.1. The highest BCUT2D eigenvalue weighted by Crippen LogP contribution is 2.26. The van der Waals surface area contributed by atoms with E-state index in [9.17, 15) is 14.4 Å². The molecular formula is C30H43N3O4. The number of rotatable bonds is 11. The third-order valence-corrected chi connectivity index (χ3v) is 5.81. The standard InChI is InChI=1S/C30H43N3O4/c1-8-9-19-33(28(35)25(20-21(2)3)32-29(36)37-30(5,6)7)26(23-16-11-10-12-17-23)27(34)31-24-18-14-13-15-22(24)4/h10-18,21,25-26H,8-9,19-20H2,1-7H3,(H,31,34)(H,32,36). The summed E-state index contributed by atoms with van der Waals surface area (Å²) in [6, 6.07) is 15.2. The Morgan fingerprint density at radius 1 is 0.973 bits per heavy atom. The van der Waals surface area contributed by atoms with Crippen LogP contribution in [0.4, 0.5) is 10.5 Å². The number of unbranched alkanes of at least 4 members (excludes halogenated alkanes) is 1. The SMILES string of the molecule is CCCCN(C(=O)C(CC(C)C)NC(=O)OC(C)(C)C)C(C(=O)Nc1ccccc1C)c1ccccc1. The Labute approximate surface area is 222 Å². The van der Waals surface area contributed by atoms with Gasteiger partial charge in [0.1, 0.15) is 17.7 Å². The van der Waals surface area contributed by atoms with Gasteiger partial charge in [0.25, 0.3) is 5.91 Å². The Bertz CT molecular complexity index is 1030. The van der Waals surface area contributed by atoms with Crippen LogP contribution in [0.15, 0.2) is 54.6 Å². The van der Waals surface area contributed by atoms with E-state index < -0.39 is 23.8 Å². The van der Waals surface area contributed by atoms with Gasteiger partial charge in [-0.3, -0.25) is 9.59 Å². The molecule has 2 rings (SSSR count). The van der Waals surface area contributed by atoms with Crippen molar-refractivity contribution in [3.63, 3.8) is 0 Å². The van der Waals surface area contributed by atoms with E-state index in [0.717, 1.165) is 12.0 Å². The second-order valence-electron chi connectivity index (χ2n) is 10.8. The van der Waals surface area contributed by atoms with Gasteiger partial charge in [-0.05, 0) is 63.6 Å². The predicted molar refractivity (Wildman–Crippen MR) is 148 cm³/mol. The summed E-state index contributed by atoms with van der Waals surface area (Å²) in [6.07, 6.45) is 1.33. The molecule has 7 nitrogen and oxygen atoms in total. The number of nitrogens with one attached hydrogen (secondary N) is 2. The van der Waals surface area contributed by atoms with Crippen molar-refractivity contribution in [1.29, 1.82) is 0 Å². The highest BCUT2D eigenvalue weighted by Gasteiger charge is 2.36. The van der Waals surface area contributed by atoms with Gasteiger partial charge in [0.15, 0.2) is 0 Å². The van der Waals surface area contributed by atoms with Gasteiger partial charge in [0, 0.05) is 12.2 Å². The van der Waals surface area contributed by atoms with Crippen LogP contribution < -0.4 is 10.6 Å². The average Bonchev–Trinajstić information content (AvgIpc) is 2.81. The van der Waals surface area contributed by atoms with Crippen molar-refractivity contribution >= 4 is 23.6 Å². The lowest BCUT2D eigenvalue weighted by molar-refractivity contribution is -0.141. The highest BCUT2D eigenvalue weighted by atomic mass is 16.6. The fraction of sp³-hybridized carbons (Fsp3) is 0.500. The number of hydrogen-bond donors (Lipinski definition) is 2. The number of anilines is 1. The molecule has 0 bridgehead atoms. The zero-order valence-corrected chi connectivity index (χ0v) is 23.3. The van der Waals surface area contributed by atoms with Crippen molar-refractivity contribution in [3.05, 3.63) is 65.7 Å². The molecule has 0 saturated carbocycles. The minimum atomic E-state index is -0.866. The monoisotopic (exact) mass is 509 g/mol. The number of ether oxygens (including phenoxy) is 1. The smallest absolute Gasteiger partial charge is 0.408 e. The number of benzene rings is 2. The summed E-state index contributed by atoms with van der Waals surface area (Å²) in [5.41, 5.74) is 1.64. The quantitative estimate of drug-likeness (QED) is 0.375. The second-order valence-corrected chi connectivity index (χ2v) is 10.8. The fourth-order valence-electron chi connectivity index (χ4n) is 4.06. The van der Waals surface area contributed by atoms with Crippen molar-refractivity contribution in [2.24, 2.45) is 5.92 Å². The molecule has 3 amide bonds. The molecule has 0 saturated heterocycles. The normalized spacial score (nSPS) is 13.0. The van der Waals surface area contributed by atoms with E-state index >= 15 is 0 Å². The Hall–Kier alpha value is -3.35. The van der Waals surface area contributed by atoms with Gasteiger partial charge in [-0.25, -0.2) is 4.79 Å². The molecule has 2 aromatic carbocycles. The van der Waals surface area contributed by atoms with Crippen LogP contribution in [0, 0.1) is 12.8 Å². The van der Waals surface area contributed by atoms with E-state index in [0.29, 0.717) is 30.6 Å². The molecule has 2 unspecified atom stereocenters. The molecule has 2 N–H and O–H groups in total. The summed E-state index contributed by atoms with van der Waals surface area (Å²) < 4.78 is 5.45. The Balaban J connectivity index is 2.48. The van der Waals surface area contributed by atoms with Gasteiger partial charge < -0.3 is 20.3 Å². The molecular weight excluding hydrogens is 466 g/mol. The van der Waals surface area contributed by atoms with E-state index in [1.807, 2.05) is 82.3 Å². The first-order valence-electron chi connectivity index (χ1n) is 13.1. The predicted octanol–water partition coefficient (Wildman–Crippen LogP) is 6.24. The van der Waals surface area contributed by atoms with Gasteiger partial charge in [-0.1, -0.05) is 75.7 Å². The molecule has 0 heterocycles. The zero-order valence-electron chi connectivity index (χ0n) is 23.3. The van der Waals surface area contributed by atoms with Crippen LogP contribution in [0.1, 0.15) is 78.0 Å². The molecule has 7 heteroatoms. The van der Waals surface area contributed by atoms with Gasteiger partial charge in [-0.15, -0.1) is 0 Å². The lowest BCUT2D eigenvalue weighted by Crippen LogP contribution is -2.53. The summed E-state index contributed by atoms with van der Waals surface area (Å²) in [7, 11) is 0. The molecule has 0 radical (unpaired) electrons. The topological polar surface area (TPSA) is 87.7 Å². The van der Waals surface area contributed by atoms with Crippen LogP contribution in [0.25, 0.3) is 0 Å². The third-order valence-electron chi connectivity index (χ3n) is 5.81. The molecule has 0 aliphatic rings. The average molecular weight is 510 g/mol. The van der Waals surface area contributed by atoms with Crippen LogP contribution in [0.3, 0.4) is 0 Å². The number of carbonyl (C=O) groups excluding carboxylic acids is 3. The minimum absolute atomic E-state index is 0.132. The maximum atomic E-state index is 14.1. The molecule has 0 aliphatic carbocycles. The van der Waals surface area contributed by atoms with Crippen molar-refractivity contribution < 1.29 is 19.1 Å². The van der Waals surface area contributed by atoms with E-state index in [2.05, 4.69) is 10.6 Å². The number of hydrogen-bond acceptors (Lipinski definition) is 4.